The van der Waals surface area contributed by atoms with E-state index in [1.807, 2.05) is 80.4 Å². The standard InChI is InChI=1S/C27H28N2O3.C2H6/c1-4-10-21(5-2)12-7-6-11-20(3)29-19-26(31)25(30)16-24(29)18-28-17-23-14-9-8-13-22(23)15-27(28)32;1-2/h4-11,13-15,17,19,24,31H,1-2,12,16,18H2,3H3;1-2H3/b7-6-,20-11+,21-10+;. The van der Waals surface area contributed by atoms with Crippen molar-refractivity contribution < 1.29 is 9.90 Å². The molecular weight excluding hydrogens is 424 g/mol. The number of hydrogen-bond acceptors (Lipinski definition) is 4. The van der Waals surface area contributed by atoms with Crippen LogP contribution in [0.5, 0.6) is 0 Å². The SMILES string of the molecule is C=C/C=C(\C=C)C/C=C\C=C(/C)N1C=C(O)C(=O)CC1Cn1cc2ccccc2cc1=O.CC. The zero-order chi connectivity index (χ0) is 25.1. The first kappa shape index (κ1) is 26.4. The van der Waals surface area contributed by atoms with Crippen LogP contribution in [0.15, 0.2) is 114 Å². The average molecular weight is 459 g/mol. The summed E-state index contributed by atoms with van der Waals surface area (Å²) in [7, 11) is 0. The van der Waals surface area contributed by atoms with Crippen LogP contribution in [0.2, 0.25) is 0 Å². The molecule has 0 spiro atoms. The van der Waals surface area contributed by atoms with Crippen molar-refractivity contribution in [3.8, 4) is 0 Å². The molecule has 2 heterocycles. The molecule has 1 atom stereocenters. The Kier molecular flexibility index (Phi) is 10.1. The van der Waals surface area contributed by atoms with Crippen LogP contribution in [-0.2, 0) is 11.3 Å². The Morgan fingerprint density at radius 3 is 2.53 bits per heavy atom. The molecule has 1 aromatic heterocycles. The third-order valence-corrected chi connectivity index (χ3v) is 5.45. The third kappa shape index (κ3) is 6.82. The monoisotopic (exact) mass is 458 g/mol. The van der Waals surface area contributed by atoms with Crippen LogP contribution in [0.1, 0.15) is 33.6 Å². The highest BCUT2D eigenvalue weighted by molar-refractivity contribution is 5.94. The number of fused-ring (bicyclic) bond motifs is 1. The van der Waals surface area contributed by atoms with E-state index in [1.54, 1.807) is 22.8 Å². The quantitative estimate of drug-likeness (QED) is 0.477. The minimum atomic E-state index is -0.325. The number of pyridine rings is 1. The van der Waals surface area contributed by atoms with Gasteiger partial charge >= 0.3 is 0 Å². The molecular formula is C29H34N2O3. The van der Waals surface area contributed by atoms with Gasteiger partial charge in [-0.2, -0.15) is 0 Å². The molecule has 0 radical (unpaired) electrons. The number of nitrogens with zero attached hydrogens (tertiary/aromatic N) is 2. The minimum absolute atomic E-state index is 0.123. The number of carbonyl (C=O) groups is 1. The molecule has 2 aromatic rings. The maximum Gasteiger partial charge on any atom is 0.251 e. The predicted octanol–water partition coefficient (Wildman–Crippen LogP) is 6.22. The molecule has 0 bridgehead atoms. The van der Waals surface area contributed by atoms with Crippen molar-refractivity contribution in [2.24, 2.45) is 0 Å². The highest BCUT2D eigenvalue weighted by atomic mass is 16.3. The summed E-state index contributed by atoms with van der Waals surface area (Å²) in [6, 6.07) is 9.00. The van der Waals surface area contributed by atoms with E-state index in [0.29, 0.717) is 6.54 Å². The average Bonchev–Trinajstić information content (AvgIpc) is 2.84. The molecule has 0 amide bonds. The van der Waals surface area contributed by atoms with Gasteiger partial charge in [-0.05, 0) is 35.8 Å². The molecule has 1 N–H and O–H groups in total. The van der Waals surface area contributed by atoms with Crippen molar-refractivity contribution in [2.45, 2.75) is 46.2 Å². The smallest absolute Gasteiger partial charge is 0.251 e. The molecule has 0 saturated carbocycles. The molecule has 3 rings (SSSR count). The van der Waals surface area contributed by atoms with Crippen molar-refractivity contribution in [3.63, 3.8) is 0 Å². The van der Waals surface area contributed by atoms with Crippen LogP contribution in [-0.4, -0.2) is 26.4 Å². The van der Waals surface area contributed by atoms with Gasteiger partial charge in [-0.15, -0.1) is 0 Å². The largest absolute Gasteiger partial charge is 0.503 e. The number of rotatable bonds is 8. The molecule has 0 saturated heterocycles. The summed E-state index contributed by atoms with van der Waals surface area (Å²) in [5.41, 5.74) is 1.78. The molecule has 1 aliphatic rings. The Labute approximate surface area is 202 Å². The Bertz CT molecular complexity index is 1210. The summed E-state index contributed by atoms with van der Waals surface area (Å²) < 4.78 is 1.63. The lowest BCUT2D eigenvalue weighted by Gasteiger charge is -2.34. The van der Waals surface area contributed by atoms with Crippen molar-refractivity contribution in [1.82, 2.24) is 9.47 Å². The summed E-state index contributed by atoms with van der Waals surface area (Å²) in [6.45, 7) is 13.7. The third-order valence-electron chi connectivity index (χ3n) is 5.45. The molecule has 0 aliphatic carbocycles. The maximum atomic E-state index is 12.6. The van der Waals surface area contributed by atoms with Gasteiger partial charge in [0.25, 0.3) is 5.56 Å². The van der Waals surface area contributed by atoms with E-state index in [-0.39, 0.29) is 29.6 Å². The van der Waals surface area contributed by atoms with Gasteiger partial charge in [-0.1, -0.05) is 81.7 Å². The minimum Gasteiger partial charge on any atom is -0.503 e. The summed E-state index contributed by atoms with van der Waals surface area (Å²) in [6.07, 6.45) is 15.4. The summed E-state index contributed by atoms with van der Waals surface area (Å²) in [4.78, 5) is 26.7. The van der Waals surface area contributed by atoms with Gasteiger partial charge in [-0.25, -0.2) is 0 Å². The normalized spacial score (nSPS) is 16.8. The van der Waals surface area contributed by atoms with E-state index >= 15 is 0 Å². The Morgan fingerprint density at radius 1 is 1.15 bits per heavy atom. The second kappa shape index (κ2) is 13.0. The number of allylic oxidation sites excluding steroid dienone is 9. The van der Waals surface area contributed by atoms with Crippen LogP contribution in [0.4, 0.5) is 0 Å². The van der Waals surface area contributed by atoms with E-state index in [2.05, 4.69) is 13.2 Å². The molecule has 5 heteroatoms. The lowest BCUT2D eigenvalue weighted by molar-refractivity contribution is -0.120. The number of aliphatic hydroxyl groups is 1. The molecule has 178 valence electrons. The fourth-order valence-electron chi connectivity index (χ4n) is 3.71. The Morgan fingerprint density at radius 2 is 1.85 bits per heavy atom. The molecule has 5 nitrogen and oxygen atoms in total. The first-order valence-electron chi connectivity index (χ1n) is 11.5. The molecule has 34 heavy (non-hydrogen) atoms. The van der Waals surface area contributed by atoms with Crippen molar-refractivity contribution >= 4 is 16.6 Å². The summed E-state index contributed by atoms with van der Waals surface area (Å²) in [5.74, 6) is -0.597. The number of aromatic nitrogens is 1. The van der Waals surface area contributed by atoms with Crippen LogP contribution < -0.4 is 5.56 Å². The zero-order valence-electron chi connectivity index (χ0n) is 20.3. The van der Waals surface area contributed by atoms with Crippen LogP contribution in [0.25, 0.3) is 10.8 Å². The Hall–Kier alpha value is -3.86. The van der Waals surface area contributed by atoms with E-state index in [4.69, 9.17) is 0 Å². The zero-order valence-corrected chi connectivity index (χ0v) is 20.3. The second-order valence-corrected chi connectivity index (χ2v) is 7.72. The van der Waals surface area contributed by atoms with Gasteiger partial charge in [-0.3, -0.25) is 9.59 Å². The Balaban J connectivity index is 0.00000199. The van der Waals surface area contributed by atoms with Crippen molar-refractivity contribution in [3.05, 3.63) is 120 Å². The number of ketones is 1. The van der Waals surface area contributed by atoms with Crippen molar-refractivity contribution in [1.29, 1.82) is 0 Å². The first-order valence-corrected chi connectivity index (χ1v) is 11.5. The number of benzene rings is 1. The first-order chi connectivity index (χ1) is 16.4. The van der Waals surface area contributed by atoms with Gasteiger partial charge in [0.2, 0.25) is 5.78 Å². The molecule has 0 fully saturated rings. The number of aliphatic hydroxyl groups excluding tert-OH is 1. The van der Waals surface area contributed by atoms with Gasteiger partial charge in [0.05, 0.1) is 6.04 Å². The maximum absolute atomic E-state index is 12.6. The fourth-order valence-corrected chi connectivity index (χ4v) is 3.71. The van der Waals surface area contributed by atoms with E-state index < -0.39 is 0 Å². The van der Waals surface area contributed by atoms with Gasteiger partial charge in [0.15, 0.2) is 5.76 Å². The predicted molar refractivity (Wildman–Crippen MR) is 142 cm³/mol. The number of carbonyl (C=O) groups excluding carboxylic acids is 1. The number of Topliss-reactive ketones (excluding diaryl/α,β-unsaturated/α-hetero) is 1. The summed E-state index contributed by atoms with van der Waals surface area (Å²) in [5, 5.41) is 11.9. The van der Waals surface area contributed by atoms with E-state index in [9.17, 15) is 14.7 Å². The topological polar surface area (TPSA) is 62.5 Å². The van der Waals surface area contributed by atoms with Crippen LogP contribution >= 0.6 is 0 Å². The summed E-state index contributed by atoms with van der Waals surface area (Å²) >= 11 is 0. The second-order valence-electron chi connectivity index (χ2n) is 7.72. The highest BCUT2D eigenvalue weighted by Crippen LogP contribution is 2.23. The molecule has 1 aliphatic heterocycles. The van der Waals surface area contributed by atoms with Crippen LogP contribution in [0.3, 0.4) is 0 Å². The van der Waals surface area contributed by atoms with Gasteiger partial charge < -0.3 is 14.6 Å². The lowest BCUT2D eigenvalue weighted by Crippen LogP contribution is -2.41. The number of hydrogen-bond donors (Lipinski definition) is 1. The van der Waals surface area contributed by atoms with Crippen molar-refractivity contribution in [2.75, 3.05) is 0 Å². The lowest BCUT2D eigenvalue weighted by atomic mass is 10.0. The van der Waals surface area contributed by atoms with Gasteiger partial charge in [0, 0.05) is 37.1 Å². The van der Waals surface area contributed by atoms with E-state index in [1.165, 1.54) is 6.20 Å². The fraction of sp³-hybridized carbons (Fsp3) is 0.241. The highest BCUT2D eigenvalue weighted by Gasteiger charge is 2.28. The van der Waals surface area contributed by atoms with Gasteiger partial charge in [0.1, 0.15) is 0 Å². The molecule has 1 aromatic carbocycles. The van der Waals surface area contributed by atoms with Crippen LogP contribution in [0, 0.1) is 0 Å². The molecule has 1 unspecified atom stereocenters. The van der Waals surface area contributed by atoms with E-state index in [0.717, 1.165) is 28.5 Å².